The Balaban J connectivity index is 2.43. The number of benzene rings is 2. The molecule has 140 valence electrons. The van der Waals surface area contributed by atoms with Gasteiger partial charge in [0.05, 0.1) is 24.2 Å². The smallest absolute Gasteiger partial charge is 0.417 e. The van der Waals surface area contributed by atoms with Crippen molar-refractivity contribution < 1.29 is 17.9 Å². The number of quaternary nitrogens is 1. The third-order valence-corrected chi connectivity index (χ3v) is 4.79. The minimum Gasteiger partial charge on any atom is -0.457 e. The highest BCUT2D eigenvalue weighted by atomic mass is 35.5. The van der Waals surface area contributed by atoms with E-state index in [1.807, 2.05) is 33.9 Å². The molecule has 2 aromatic carbocycles. The molecule has 0 fully saturated rings. The Morgan fingerprint density at radius 3 is 2.35 bits per heavy atom. The zero-order valence-corrected chi connectivity index (χ0v) is 15.8. The van der Waals surface area contributed by atoms with Crippen LogP contribution in [0.1, 0.15) is 23.6 Å². The van der Waals surface area contributed by atoms with Gasteiger partial charge in [-0.3, -0.25) is 9.89 Å². The van der Waals surface area contributed by atoms with Crippen molar-refractivity contribution in [3.63, 3.8) is 0 Å². The first kappa shape index (κ1) is 20.3. The van der Waals surface area contributed by atoms with E-state index in [1.54, 1.807) is 6.07 Å². The molecular formula is C19H21ClF3N2O+. The number of halogens is 4. The van der Waals surface area contributed by atoms with E-state index < -0.39 is 11.7 Å². The molecule has 0 aromatic heterocycles. The number of alkyl halides is 3. The summed E-state index contributed by atoms with van der Waals surface area (Å²) in [4.78, 5) is 0. The van der Waals surface area contributed by atoms with Gasteiger partial charge in [-0.1, -0.05) is 11.6 Å². The maximum Gasteiger partial charge on any atom is 0.417 e. The Bertz CT molecular complexity index is 836. The molecule has 7 heteroatoms. The Kier molecular flexibility index (Phi) is 5.68. The second-order valence-corrected chi connectivity index (χ2v) is 6.77. The quantitative estimate of drug-likeness (QED) is 0.364. The highest BCUT2D eigenvalue weighted by molar-refractivity contribution is 6.31. The van der Waals surface area contributed by atoms with Gasteiger partial charge in [-0.05, 0) is 50.6 Å². The van der Waals surface area contributed by atoms with Gasteiger partial charge < -0.3 is 4.74 Å². The first-order valence-corrected chi connectivity index (χ1v) is 8.43. The van der Waals surface area contributed by atoms with E-state index in [2.05, 4.69) is 0 Å². The van der Waals surface area contributed by atoms with Gasteiger partial charge in [0.2, 0.25) is 0 Å². The number of aryl methyl sites for hydroxylation is 2. The highest BCUT2D eigenvalue weighted by Gasteiger charge is 2.33. The molecule has 0 heterocycles. The van der Waals surface area contributed by atoms with Crippen LogP contribution in [0.3, 0.4) is 0 Å². The van der Waals surface area contributed by atoms with Gasteiger partial charge in [-0.15, -0.1) is 0 Å². The molecular weight excluding hydrogens is 365 g/mol. The molecule has 1 N–H and O–H groups in total. The van der Waals surface area contributed by atoms with Crippen LogP contribution in [0.4, 0.5) is 18.9 Å². The summed E-state index contributed by atoms with van der Waals surface area (Å²) in [5, 5.41) is 7.33. The molecule has 26 heavy (non-hydrogen) atoms. The molecule has 0 saturated carbocycles. The van der Waals surface area contributed by atoms with Gasteiger partial charge in [0.25, 0.3) is 0 Å². The van der Waals surface area contributed by atoms with Crippen LogP contribution in [0, 0.1) is 19.3 Å². The monoisotopic (exact) mass is 385 g/mol. The Labute approximate surface area is 156 Å². The summed E-state index contributed by atoms with van der Waals surface area (Å²) < 4.78 is 45.0. The Morgan fingerprint density at radius 1 is 1.15 bits per heavy atom. The molecule has 0 aliphatic rings. The van der Waals surface area contributed by atoms with Crippen LogP contribution < -0.4 is 9.22 Å². The minimum absolute atomic E-state index is 0.0665. The lowest BCUT2D eigenvalue weighted by atomic mass is 10.1. The predicted molar refractivity (Wildman–Crippen MR) is 99.5 cm³/mol. The van der Waals surface area contributed by atoms with Crippen molar-refractivity contribution in [2.75, 3.05) is 13.6 Å². The molecule has 0 radical (unpaired) electrons. The second kappa shape index (κ2) is 7.29. The van der Waals surface area contributed by atoms with Crippen molar-refractivity contribution >= 4 is 23.6 Å². The number of rotatable bonds is 5. The summed E-state index contributed by atoms with van der Waals surface area (Å²) in [6.45, 7) is 6.40. The SMILES string of the molecule is CC[N+](C)(C=N)c1cc(C)c(Oc2ccc(Cl)c(C(F)(F)F)c2)cc1C. The van der Waals surface area contributed by atoms with E-state index in [4.69, 9.17) is 21.7 Å². The summed E-state index contributed by atoms with van der Waals surface area (Å²) in [7, 11) is 1.92. The molecule has 0 amide bonds. The normalized spacial score (nSPS) is 14.0. The fourth-order valence-corrected chi connectivity index (χ4v) is 2.90. The van der Waals surface area contributed by atoms with Crippen molar-refractivity contribution in [2.24, 2.45) is 0 Å². The second-order valence-electron chi connectivity index (χ2n) is 6.36. The maximum atomic E-state index is 13.0. The lowest BCUT2D eigenvalue weighted by Crippen LogP contribution is -2.43. The first-order valence-electron chi connectivity index (χ1n) is 8.05. The summed E-state index contributed by atoms with van der Waals surface area (Å²) in [6, 6.07) is 7.16. The number of nitrogens with one attached hydrogen (secondary N) is 1. The van der Waals surface area contributed by atoms with Gasteiger partial charge >= 0.3 is 6.18 Å². The van der Waals surface area contributed by atoms with Crippen LogP contribution >= 0.6 is 11.6 Å². The maximum absolute atomic E-state index is 13.0. The summed E-state index contributed by atoms with van der Waals surface area (Å²) >= 11 is 5.64. The fraction of sp³-hybridized carbons (Fsp3) is 0.316. The Morgan fingerprint density at radius 2 is 1.81 bits per heavy atom. The molecule has 1 atom stereocenters. The minimum atomic E-state index is -4.55. The third-order valence-electron chi connectivity index (χ3n) is 4.46. The number of nitrogens with zero attached hydrogens (tertiary/aromatic N) is 1. The average Bonchev–Trinajstić information content (AvgIpc) is 2.57. The van der Waals surface area contributed by atoms with Crippen molar-refractivity contribution in [2.45, 2.75) is 26.9 Å². The molecule has 0 aliphatic heterocycles. The number of ether oxygens (including phenoxy) is 1. The molecule has 2 rings (SSSR count). The van der Waals surface area contributed by atoms with E-state index in [0.717, 1.165) is 22.9 Å². The van der Waals surface area contributed by atoms with Gasteiger partial charge in [-0.25, -0.2) is 0 Å². The van der Waals surface area contributed by atoms with Gasteiger partial charge in [0, 0.05) is 11.6 Å². The number of hydrogen-bond donors (Lipinski definition) is 1. The lowest BCUT2D eigenvalue weighted by Gasteiger charge is -2.29. The van der Waals surface area contributed by atoms with E-state index in [9.17, 15) is 13.2 Å². The van der Waals surface area contributed by atoms with E-state index in [-0.39, 0.29) is 10.8 Å². The van der Waals surface area contributed by atoms with Crippen molar-refractivity contribution in [1.82, 2.24) is 4.48 Å². The highest BCUT2D eigenvalue weighted by Crippen LogP contribution is 2.39. The Hall–Kier alpha value is -2.05. The zero-order chi connectivity index (χ0) is 19.7. The third kappa shape index (κ3) is 4.02. The largest absolute Gasteiger partial charge is 0.457 e. The van der Waals surface area contributed by atoms with Gasteiger partial charge in [-0.2, -0.15) is 13.2 Å². The summed E-state index contributed by atoms with van der Waals surface area (Å²) in [5.41, 5.74) is 1.68. The van der Waals surface area contributed by atoms with Crippen LogP contribution in [0.25, 0.3) is 0 Å². The molecule has 0 saturated heterocycles. The van der Waals surface area contributed by atoms with E-state index in [0.29, 0.717) is 16.8 Å². The van der Waals surface area contributed by atoms with Crippen molar-refractivity contribution in [3.05, 3.63) is 52.0 Å². The fourth-order valence-electron chi connectivity index (χ4n) is 2.68. The number of hydrogen-bond acceptors (Lipinski definition) is 2. The van der Waals surface area contributed by atoms with Crippen LogP contribution in [0.5, 0.6) is 11.5 Å². The molecule has 0 spiro atoms. The van der Waals surface area contributed by atoms with E-state index in [1.165, 1.54) is 18.5 Å². The summed E-state index contributed by atoms with van der Waals surface area (Å²) in [5.74, 6) is 0.533. The molecule has 1 unspecified atom stereocenters. The van der Waals surface area contributed by atoms with Crippen molar-refractivity contribution in [3.8, 4) is 11.5 Å². The lowest BCUT2D eigenvalue weighted by molar-refractivity contribution is -0.137. The van der Waals surface area contributed by atoms with Crippen LogP contribution in [0.2, 0.25) is 5.02 Å². The molecule has 3 nitrogen and oxygen atoms in total. The van der Waals surface area contributed by atoms with Crippen molar-refractivity contribution in [1.29, 1.82) is 5.41 Å². The molecule has 2 aromatic rings. The zero-order valence-electron chi connectivity index (χ0n) is 15.0. The predicted octanol–water partition coefficient (Wildman–Crippen LogP) is 6.33. The van der Waals surface area contributed by atoms with Gasteiger partial charge in [0.1, 0.15) is 17.2 Å². The van der Waals surface area contributed by atoms with Crippen LogP contribution in [0.15, 0.2) is 30.3 Å². The van der Waals surface area contributed by atoms with E-state index >= 15 is 0 Å². The van der Waals surface area contributed by atoms with Crippen LogP contribution in [-0.2, 0) is 6.18 Å². The molecule has 0 bridgehead atoms. The average molecular weight is 386 g/mol. The summed E-state index contributed by atoms with van der Waals surface area (Å²) in [6.07, 6.45) is -3.19. The first-order chi connectivity index (χ1) is 12.0. The molecule has 0 aliphatic carbocycles. The van der Waals surface area contributed by atoms with Crippen LogP contribution in [-0.4, -0.2) is 19.9 Å². The standard InChI is InChI=1S/C19H21ClF3N2O/c1-5-25(4,11-24)17-8-13(3)18(9-12(17)2)26-14-6-7-16(20)15(10-14)19(21,22)23/h6-11,24H,5H2,1-4H3/q+1. The van der Waals surface area contributed by atoms with Gasteiger partial charge in [0.15, 0.2) is 6.34 Å². The topological polar surface area (TPSA) is 33.1 Å².